The van der Waals surface area contributed by atoms with Crippen LogP contribution in [0.4, 0.5) is 34.1 Å². The van der Waals surface area contributed by atoms with E-state index in [-0.39, 0.29) is 6.71 Å². The Morgan fingerprint density at radius 3 is 1.11 bits per heavy atom. The minimum atomic E-state index is -3.09. The number of rotatable bonds is 13. The molecule has 3 nitrogen and oxygen atoms in total. The molecule has 2 aliphatic rings. The van der Waals surface area contributed by atoms with Crippen LogP contribution in [0.2, 0.25) is 0 Å². The summed E-state index contributed by atoms with van der Waals surface area (Å²) < 4.78 is 2.52. The number of anilines is 6. The molecule has 15 aromatic carbocycles. The summed E-state index contributed by atoms with van der Waals surface area (Å²) in [5.74, 6) is 0. The van der Waals surface area contributed by atoms with Crippen molar-refractivity contribution >= 4 is 137 Å². The number of hydrogen-bond acceptors (Lipinski definition) is 2. The first-order valence-electron chi connectivity index (χ1n) is 33.3. The van der Waals surface area contributed by atoms with Gasteiger partial charge in [-0.1, -0.05) is 334 Å². The fraction of sp³-hybridized carbons (Fsp3) is 0. The fourth-order valence-electron chi connectivity index (χ4n) is 16.4. The van der Waals surface area contributed by atoms with E-state index in [1.165, 1.54) is 74.2 Å². The van der Waals surface area contributed by atoms with E-state index in [1.807, 2.05) is 0 Å². The molecule has 0 atom stereocenters. The van der Waals surface area contributed by atoms with Crippen LogP contribution in [-0.2, 0) is 0 Å². The molecule has 0 spiro atoms. The molecule has 18 rings (SSSR count). The summed E-state index contributed by atoms with van der Waals surface area (Å²) in [5.41, 5.74) is 18.6. The standard InChI is InChI=1S/C90H64BN3Si2/c1-9-31-65(32-10-1)67-53-59-81-87(61-67)92(68-54-56-76(57-55-68)95(70-35-13-3-14-36-70,71-37-15-4-16-38-71)72-39-17-5-18-40-72)88-62-69(93-84-51-29-26-48-79(84)80-49-27-30-52-85(80)93)63-89-90(88)91(81)82-64-77(58-60-86(82)94(89)83-50-28-25-47-78(83)66-33-11-2-12-34-66)96(73-41-19-6-20-42-73,74-43-21-7-22-44-74)75-45-23-8-24-46-75/h1-64H. The second-order valence-corrected chi connectivity index (χ2v) is 33.0. The summed E-state index contributed by atoms with van der Waals surface area (Å²) >= 11 is 0. The first-order valence-corrected chi connectivity index (χ1v) is 37.3. The van der Waals surface area contributed by atoms with Crippen molar-refractivity contribution < 1.29 is 0 Å². The van der Waals surface area contributed by atoms with Crippen LogP contribution in [0.5, 0.6) is 0 Å². The Morgan fingerprint density at radius 2 is 0.615 bits per heavy atom. The van der Waals surface area contributed by atoms with Crippen LogP contribution in [0.25, 0.3) is 49.7 Å². The van der Waals surface area contributed by atoms with Crippen molar-refractivity contribution in [3.05, 3.63) is 388 Å². The molecule has 450 valence electrons. The summed E-state index contributed by atoms with van der Waals surface area (Å²) in [6.45, 7) is -0.212. The van der Waals surface area contributed by atoms with Crippen molar-refractivity contribution in [2.24, 2.45) is 0 Å². The predicted molar refractivity (Wildman–Crippen MR) is 413 cm³/mol. The minimum absolute atomic E-state index is 0.212. The van der Waals surface area contributed by atoms with E-state index in [9.17, 15) is 0 Å². The van der Waals surface area contributed by atoms with Crippen molar-refractivity contribution in [2.45, 2.75) is 0 Å². The second-order valence-electron chi connectivity index (χ2n) is 25.4. The quantitative estimate of drug-likeness (QED) is 0.0842. The SMILES string of the molecule is c1ccc(-c2ccc3c(c2)N(c2ccc([Si](c4ccccc4)(c4ccccc4)c4ccccc4)cc2)c2cc(-n4c5ccccc5c5ccccc54)cc4c2B3c2cc([Si](c3ccccc3)(c3ccccc3)c3ccccc3)ccc2N4c2ccccc2-c2ccccc2)cc1. The molecule has 0 radical (unpaired) electrons. The zero-order chi connectivity index (χ0) is 63.6. The molecular weight excluding hydrogens is 1190 g/mol. The van der Waals surface area contributed by atoms with Gasteiger partial charge in [-0.25, -0.2) is 0 Å². The van der Waals surface area contributed by atoms with Crippen molar-refractivity contribution in [2.75, 3.05) is 9.80 Å². The summed E-state index contributed by atoms with van der Waals surface area (Å²) in [4.78, 5) is 5.26. The number of fused-ring (bicyclic) bond motifs is 7. The minimum Gasteiger partial charge on any atom is -0.311 e. The van der Waals surface area contributed by atoms with Crippen LogP contribution >= 0.6 is 0 Å². The van der Waals surface area contributed by atoms with Gasteiger partial charge in [0.15, 0.2) is 16.1 Å². The molecule has 0 saturated carbocycles. The summed E-state index contributed by atoms with van der Waals surface area (Å²) in [5, 5.41) is 13.1. The van der Waals surface area contributed by atoms with E-state index in [0.29, 0.717) is 0 Å². The third-order valence-corrected chi connectivity index (χ3v) is 30.0. The molecule has 0 saturated heterocycles. The molecule has 0 fully saturated rings. The summed E-state index contributed by atoms with van der Waals surface area (Å²) in [6.07, 6.45) is 0. The van der Waals surface area contributed by atoms with Crippen molar-refractivity contribution in [3.8, 4) is 27.9 Å². The van der Waals surface area contributed by atoms with Gasteiger partial charge in [0.25, 0.3) is 6.71 Å². The molecule has 0 amide bonds. The van der Waals surface area contributed by atoms with Crippen molar-refractivity contribution in [1.82, 2.24) is 4.57 Å². The molecule has 16 aromatic rings. The highest BCUT2D eigenvalue weighted by molar-refractivity contribution is 7.20. The van der Waals surface area contributed by atoms with E-state index in [1.54, 1.807) is 0 Å². The lowest BCUT2D eigenvalue weighted by Gasteiger charge is -2.45. The van der Waals surface area contributed by atoms with Gasteiger partial charge >= 0.3 is 0 Å². The lowest BCUT2D eigenvalue weighted by Crippen LogP contribution is -2.75. The maximum absolute atomic E-state index is 3.09. The predicted octanol–water partition coefficient (Wildman–Crippen LogP) is 15.0. The topological polar surface area (TPSA) is 11.4 Å². The number of aromatic nitrogens is 1. The Balaban J connectivity index is 0.976. The van der Waals surface area contributed by atoms with Gasteiger partial charge in [0, 0.05) is 44.8 Å². The van der Waals surface area contributed by atoms with Gasteiger partial charge in [0.2, 0.25) is 0 Å². The van der Waals surface area contributed by atoms with E-state index < -0.39 is 16.1 Å². The van der Waals surface area contributed by atoms with Gasteiger partial charge < -0.3 is 14.4 Å². The first kappa shape index (κ1) is 56.9. The van der Waals surface area contributed by atoms with Gasteiger partial charge in [0.1, 0.15) is 0 Å². The van der Waals surface area contributed by atoms with Gasteiger partial charge in [-0.3, -0.25) is 0 Å². The Labute approximate surface area is 563 Å². The Hall–Kier alpha value is -11.8. The Bertz CT molecular complexity index is 5280. The average Bonchev–Trinajstić information content (AvgIpc) is 0.717. The maximum atomic E-state index is 2.66. The van der Waals surface area contributed by atoms with Gasteiger partial charge in [-0.05, 0) is 129 Å². The lowest BCUT2D eigenvalue weighted by atomic mass is 9.33. The molecule has 0 unspecified atom stereocenters. The highest BCUT2D eigenvalue weighted by Crippen LogP contribution is 2.49. The van der Waals surface area contributed by atoms with Crippen molar-refractivity contribution in [1.29, 1.82) is 0 Å². The monoisotopic (exact) mass is 1250 g/mol. The fourth-order valence-corrected chi connectivity index (χ4v) is 25.9. The van der Waals surface area contributed by atoms with Crippen LogP contribution in [0.3, 0.4) is 0 Å². The van der Waals surface area contributed by atoms with Crippen LogP contribution < -0.4 is 67.7 Å². The van der Waals surface area contributed by atoms with E-state index in [2.05, 4.69) is 403 Å². The van der Waals surface area contributed by atoms with Crippen LogP contribution in [-0.4, -0.2) is 27.4 Å². The smallest absolute Gasteiger partial charge is 0.252 e. The largest absolute Gasteiger partial charge is 0.311 e. The van der Waals surface area contributed by atoms with Crippen molar-refractivity contribution in [3.63, 3.8) is 0 Å². The average molecular weight is 1250 g/mol. The van der Waals surface area contributed by atoms with Gasteiger partial charge in [-0.15, -0.1) is 0 Å². The van der Waals surface area contributed by atoms with Crippen LogP contribution in [0.15, 0.2) is 388 Å². The molecule has 1 aromatic heterocycles. The zero-order valence-corrected chi connectivity index (χ0v) is 54.9. The Kier molecular flexibility index (Phi) is 14.0. The third kappa shape index (κ3) is 9.01. The zero-order valence-electron chi connectivity index (χ0n) is 52.9. The molecule has 3 heterocycles. The summed E-state index contributed by atoms with van der Waals surface area (Å²) in [7, 11) is -6.01. The van der Waals surface area contributed by atoms with E-state index in [4.69, 9.17) is 0 Å². The van der Waals surface area contributed by atoms with Crippen LogP contribution in [0.1, 0.15) is 0 Å². The van der Waals surface area contributed by atoms with E-state index in [0.717, 1.165) is 67.5 Å². The highest BCUT2D eigenvalue weighted by atomic mass is 28.3. The molecule has 0 N–H and O–H groups in total. The normalized spacial score (nSPS) is 12.5. The molecule has 0 aliphatic carbocycles. The lowest BCUT2D eigenvalue weighted by molar-refractivity contribution is 1.16. The maximum Gasteiger partial charge on any atom is 0.252 e. The molecular formula is C90H64BN3Si2. The molecule has 6 heteroatoms. The third-order valence-electron chi connectivity index (χ3n) is 20.5. The number of para-hydroxylation sites is 3. The van der Waals surface area contributed by atoms with Gasteiger partial charge in [-0.2, -0.15) is 0 Å². The highest BCUT2D eigenvalue weighted by Gasteiger charge is 2.48. The second kappa shape index (κ2) is 23.6. The first-order chi connectivity index (χ1) is 47.7. The Morgan fingerprint density at radius 1 is 0.219 bits per heavy atom. The molecule has 96 heavy (non-hydrogen) atoms. The molecule has 2 aliphatic heterocycles. The number of benzene rings is 15. The number of nitrogens with zero attached hydrogens (tertiary/aromatic N) is 3. The number of hydrogen-bond donors (Lipinski definition) is 0. The van der Waals surface area contributed by atoms with E-state index >= 15 is 0 Å². The van der Waals surface area contributed by atoms with Gasteiger partial charge in [0.05, 0.1) is 22.4 Å². The van der Waals surface area contributed by atoms with Crippen LogP contribution in [0, 0.1) is 0 Å². The summed E-state index contributed by atoms with van der Waals surface area (Å²) in [6, 6.07) is 147. The molecule has 0 bridgehead atoms.